The fourth-order valence-corrected chi connectivity index (χ4v) is 4.49. The predicted octanol–water partition coefficient (Wildman–Crippen LogP) is 8.60. The molecule has 3 nitrogen and oxygen atoms in total. The quantitative estimate of drug-likeness (QED) is 0.177. The van der Waals surface area contributed by atoms with Crippen LogP contribution >= 0.6 is 0 Å². The predicted molar refractivity (Wildman–Crippen MR) is 135 cm³/mol. The first kappa shape index (κ1) is 27.3. The molecule has 2 rings (SSSR count). The number of ether oxygens (including phenoxy) is 3. The molecule has 1 aromatic rings. The zero-order valence-corrected chi connectivity index (χ0v) is 20.9. The molecule has 184 valence electrons. The van der Waals surface area contributed by atoms with Crippen LogP contribution in [0.4, 0.5) is 0 Å². The van der Waals surface area contributed by atoms with E-state index in [1.807, 2.05) is 18.2 Å². The molecule has 1 saturated heterocycles. The lowest BCUT2D eigenvalue weighted by Gasteiger charge is -2.14. The van der Waals surface area contributed by atoms with Crippen LogP contribution < -0.4 is 0 Å². The maximum atomic E-state index is 5.98. The molecular formula is C29H50O3. The minimum absolute atomic E-state index is 0.0213. The van der Waals surface area contributed by atoms with Gasteiger partial charge in [-0.3, -0.25) is 0 Å². The molecule has 3 heteroatoms. The Balaban J connectivity index is 1.28. The summed E-state index contributed by atoms with van der Waals surface area (Å²) in [6.45, 7) is 4.44. The van der Waals surface area contributed by atoms with Gasteiger partial charge >= 0.3 is 0 Å². The molecule has 0 aliphatic carbocycles. The van der Waals surface area contributed by atoms with E-state index < -0.39 is 0 Å². The molecule has 0 saturated carbocycles. The average molecular weight is 447 g/mol. The van der Waals surface area contributed by atoms with Gasteiger partial charge in [0.05, 0.1) is 19.3 Å². The molecule has 0 N–H and O–H groups in total. The largest absolute Gasteiger partial charge is 0.374 e. The van der Waals surface area contributed by atoms with Gasteiger partial charge in [-0.15, -0.1) is 0 Å². The van der Waals surface area contributed by atoms with Crippen molar-refractivity contribution >= 4 is 0 Å². The first-order valence-electron chi connectivity index (χ1n) is 13.8. The minimum atomic E-state index is -0.0213. The summed E-state index contributed by atoms with van der Waals surface area (Å²) in [5.41, 5.74) is 1.21. The lowest BCUT2D eigenvalue weighted by atomic mass is 10.0. The maximum Gasteiger partial charge on any atom is 0.158 e. The van der Waals surface area contributed by atoms with Crippen LogP contribution in [0.1, 0.15) is 122 Å². The Labute approximate surface area is 198 Å². The van der Waals surface area contributed by atoms with E-state index in [2.05, 4.69) is 19.1 Å². The van der Waals surface area contributed by atoms with Gasteiger partial charge in [0.15, 0.2) is 6.29 Å². The van der Waals surface area contributed by atoms with Crippen LogP contribution in [0.3, 0.4) is 0 Å². The van der Waals surface area contributed by atoms with Gasteiger partial charge in [-0.2, -0.15) is 0 Å². The second-order valence-corrected chi connectivity index (χ2v) is 9.59. The molecule has 0 radical (unpaired) electrons. The van der Waals surface area contributed by atoms with Crippen molar-refractivity contribution in [2.75, 3.05) is 13.2 Å². The third kappa shape index (κ3) is 14.3. The zero-order valence-electron chi connectivity index (χ0n) is 20.9. The van der Waals surface area contributed by atoms with Gasteiger partial charge in [-0.1, -0.05) is 127 Å². The third-order valence-electron chi connectivity index (χ3n) is 6.54. The topological polar surface area (TPSA) is 27.7 Å². The van der Waals surface area contributed by atoms with Crippen LogP contribution in [0.5, 0.6) is 0 Å². The van der Waals surface area contributed by atoms with E-state index in [9.17, 15) is 0 Å². The van der Waals surface area contributed by atoms with E-state index in [4.69, 9.17) is 14.2 Å². The first-order chi connectivity index (χ1) is 15.9. The maximum absolute atomic E-state index is 5.98. The Morgan fingerprint density at radius 3 is 1.88 bits per heavy atom. The molecule has 0 aromatic heterocycles. The van der Waals surface area contributed by atoms with Gasteiger partial charge in [-0.05, 0) is 18.4 Å². The van der Waals surface area contributed by atoms with Crippen LogP contribution in [0.2, 0.25) is 0 Å². The molecule has 1 fully saturated rings. The van der Waals surface area contributed by atoms with Crippen LogP contribution in [0.15, 0.2) is 30.3 Å². The van der Waals surface area contributed by atoms with Crippen molar-refractivity contribution in [1.29, 1.82) is 0 Å². The number of unbranched alkanes of at least 4 members (excludes halogenated alkanes) is 14. The van der Waals surface area contributed by atoms with Gasteiger partial charge in [0.2, 0.25) is 0 Å². The Hall–Kier alpha value is -0.900. The van der Waals surface area contributed by atoms with Gasteiger partial charge in [0.1, 0.15) is 0 Å². The van der Waals surface area contributed by atoms with Crippen molar-refractivity contribution in [3.8, 4) is 0 Å². The molecule has 1 heterocycles. The van der Waals surface area contributed by atoms with Crippen molar-refractivity contribution in [2.45, 2.75) is 135 Å². The van der Waals surface area contributed by atoms with Gasteiger partial charge < -0.3 is 14.2 Å². The molecule has 32 heavy (non-hydrogen) atoms. The molecule has 1 aliphatic heterocycles. The highest BCUT2D eigenvalue weighted by Gasteiger charge is 2.25. The molecular weight excluding hydrogens is 396 g/mol. The van der Waals surface area contributed by atoms with E-state index in [0.717, 1.165) is 25.9 Å². The minimum Gasteiger partial charge on any atom is -0.374 e. The van der Waals surface area contributed by atoms with Crippen molar-refractivity contribution in [3.05, 3.63) is 35.9 Å². The van der Waals surface area contributed by atoms with E-state index in [1.165, 1.54) is 95.5 Å². The highest BCUT2D eigenvalue weighted by molar-refractivity contribution is 5.13. The van der Waals surface area contributed by atoms with E-state index >= 15 is 0 Å². The average Bonchev–Trinajstić information content (AvgIpc) is 3.27. The number of hydrogen-bond acceptors (Lipinski definition) is 3. The lowest BCUT2D eigenvalue weighted by Crippen LogP contribution is -2.19. The highest BCUT2D eigenvalue weighted by atomic mass is 16.7. The zero-order chi connectivity index (χ0) is 22.5. The van der Waals surface area contributed by atoms with Crippen molar-refractivity contribution in [2.24, 2.45) is 0 Å². The van der Waals surface area contributed by atoms with E-state index in [-0.39, 0.29) is 12.4 Å². The second-order valence-electron chi connectivity index (χ2n) is 9.59. The summed E-state index contributed by atoms with van der Waals surface area (Å²) in [4.78, 5) is 0. The summed E-state index contributed by atoms with van der Waals surface area (Å²) in [7, 11) is 0. The summed E-state index contributed by atoms with van der Waals surface area (Å²) < 4.78 is 17.7. The molecule has 0 bridgehead atoms. The van der Waals surface area contributed by atoms with Crippen LogP contribution in [0, 0.1) is 0 Å². The lowest BCUT2D eigenvalue weighted by molar-refractivity contribution is -0.145. The monoisotopic (exact) mass is 446 g/mol. The Bertz CT molecular complexity index is 518. The molecule has 0 spiro atoms. The SMILES string of the molecule is CCCCCCCCCCCCCCCCCOC1CCC(COCc2ccccc2)O1. The van der Waals surface area contributed by atoms with Crippen molar-refractivity contribution < 1.29 is 14.2 Å². The van der Waals surface area contributed by atoms with Crippen LogP contribution in [-0.2, 0) is 20.8 Å². The molecule has 0 amide bonds. The summed E-state index contributed by atoms with van der Waals surface area (Å²) >= 11 is 0. The summed E-state index contributed by atoms with van der Waals surface area (Å²) in [5.74, 6) is 0. The van der Waals surface area contributed by atoms with Gasteiger partial charge in [0.25, 0.3) is 0 Å². The normalized spacial score (nSPS) is 18.4. The fourth-order valence-electron chi connectivity index (χ4n) is 4.49. The third-order valence-corrected chi connectivity index (χ3v) is 6.54. The highest BCUT2D eigenvalue weighted by Crippen LogP contribution is 2.22. The van der Waals surface area contributed by atoms with Crippen molar-refractivity contribution in [1.82, 2.24) is 0 Å². The smallest absolute Gasteiger partial charge is 0.158 e. The molecule has 2 atom stereocenters. The fraction of sp³-hybridized carbons (Fsp3) is 0.793. The molecule has 1 aliphatic rings. The number of rotatable bonds is 21. The van der Waals surface area contributed by atoms with E-state index in [1.54, 1.807) is 0 Å². The van der Waals surface area contributed by atoms with Gasteiger partial charge in [0, 0.05) is 13.0 Å². The number of benzene rings is 1. The molecule has 2 unspecified atom stereocenters. The summed E-state index contributed by atoms with van der Waals surface area (Å²) in [6, 6.07) is 10.3. The Morgan fingerprint density at radius 2 is 1.28 bits per heavy atom. The van der Waals surface area contributed by atoms with E-state index in [0.29, 0.717) is 13.2 Å². The standard InChI is InChI=1S/C29H50O3/c1-2-3-4-5-6-7-8-9-10-11-12-13-14-15-19-24-31-29-23-22-28(32-29)26-30-25-27-20-17-16-18-21-27/h16-18,20-21,28-29H,2-15,19,22-26H2,1H3. The first-order valence-corrected chi connectivity index (χ1v) is 13.8. The Kier molecular flexibility index (Phi) is 16.7. The van der Waals surface area contributed by atoms with Crippen molar-refractivity contribution in [3.63, 3.8) is 0 Å². The number of hydrogen-bond donors (Lipinski definition) is 0. The Morgan fingerprint density at radius 1 is 0.719 bits per heavy atom. The summed E-state index contributed by atoms with van der Waals surface area (Å²) in [6.07, 6.45) is 23.1. The van der Waals surface area contributed by atoms with Crippen LogP contribution in [-0.4, -0.2) is 25.6 Å². The second kappa shape index (κ2) is 19.6. The van der Waals surface area contributed by atoms with Gasteiger partial charge in [-0.25, -0.2) is 0 Å². The van der Waals surface area contributed by atoms with Crippen LogP contribution in [0.25, 0.3) is 0 Å². The summed E-state index contributed by atoms with van der Waals surface area (Å²) in [5, 5.41) is 0. The molecule has 1 aromatic carbocycles.